The number of carbonyl (C=O) groups is 2. The summed E-state index contributed by atoms with van der Waals surface area (Å²) < 4.78 is 0. The molecule has 0 atom stereocenters. The van der Waals surface area contributed by atoms with Crippen LogP contribution in [0.5, 0.6) is 0 Å². The van der Waals surface area contributed by atoms with Gasteiger partial charge in [0.25, 0.3) is 0 Å². The van der Waals surface area contributed by atoms with Gasteiger partial charge >= 0.3 is 0 Å². The van der Waals surface area contributed by atoms with E-state index < -0.39 is 5.54 Å². The van der Waals surface area contributed by atoms with Gasteiger partial charge in [0.15, 0.2) is 0 Å². The van der Waals surface area contributed by atoms with Crippen molar-refractivity contribution in [2.24, 2.45) is 5.73 Å². The monoisotopic (exact) mass is 324 g/mol. The van der Waals surface area contributed by atoms with Crippen molar-refractivity contribution in [3.05, 3.63) is 0 Å². The maximum atomic E-state index is 12.7. The first-order valence-electron chi connectivity index (χ1n) is 9.08. The third-order valence-corrected chi connectivity index (χ3v) is 5.31. The van der Waals surface area contributed by atoms with Gasteiger partial charge in [-0.15, -0.1) is 0 Å². The summed E-state index contributed by atoms with van der Waals surface area (Å²) in [5.74, 6) is 0.296. The lowest BCUT2D eigenvalue weighted by Crippen LogP contribution is -2.60. The maximum absolute atomic E-state index is 12.7. The van der Waals surface area contributed by atoms with E-state index >= 15 is 0 Å². The van der Waals surface area contributed by atoms with E-state index in [1.807, 2.05) is 23.6 Å². The Labute approximate surface area is 140 Å². The van der Waals surface area contributed by atoms with Crippen molar-refractivity contribution in [1.29, 1.82) is 0 Å². The SMILES string of the molecule is CCN(CC)C(=O)CN1CCN(C(=O)C2(N)CCCCC2)CC1. The van der Waals surface area contributed by atoms with Crippen LogP contribution < -0.4 is 5.73 Å². The van der Waals surface area contributed by atoms with Gasteiger partial charge in [0.2, 0.25) is 11.8 Å². The number of amides is 2. The third-order valence-electron chi connectivity index (χ3n) is 5.31. The molecule has 0 spiro atoms. The molecule has 1 aliphatic heterocycles. The van der Waals surface area contributed by atoms with Crippen LogP contribution in [0.1, 0.15) is 46.0 Å². The topological polar surface area (TPSA) is 69.9 Å². The molecule has 6 heteroatoms. The summed E-state index contributed by atoms with van der Waals surface area (Å²) in [5, 5.41) is 0. The minimum Gasteiger partial charge on any atom is -0.342 e. The Hall–Kier alpha value is -1.14. The summed E-state index contributed by atoms with van der Waals surface area (Å²) in [7, 11) is 0. The first kappa shape index (κ1) is 18.2. The van der Waals surface area contributed by atoms with E-state index in [0.717, 1.165) is 51.9 Å². The number of likely N-dealkylation sites (N-methyl/N-ethyl adjacent to an activating group) is 1. The number of piperazine rings is 1. The molecule has 1 saturated heterocycles. The minimum absolute atomic E-state index is 0.118. The van der Waals surface area contributed by atoms with Crippen LogP contribution in [0.4, 0.5) is 0 Å². The average Bonchev–Trinajstić information content (AvgIpc) is 2.56. The van der Waals surface area contributed by atoms with Gasteiger partial charge in [-0.1, -0.05) is 19.3 Å². The van der Waals surface area contributed by atoms with E-state index in [-0.39, 0.29) is 11.8 Å². The lowest BCUT2D eigenvalue weighted by atomic mass is 9.81. The average molecular weight is 324 g/mol. The van der Waals surface area contributed by atoms with Gasteiger partial charge in [-0.2, -0.15) is 0 Å². The van der Waals surface area contributed by atoms with Crippen molar-refractivity contribution in [3.63, 3.8) is 0 Å². The van der Waals surface area contributed by atoms with Gasteiger partial charge in [0, 0.05) is 39.3 Å². The fourth-order valence-corrected chi connectivity index (χ4v) is 3.69. The zero-order valence-electron chi connectivity index (χ0n) is 14.7. The maximum Gasteiger partial charge on any atom is 0.242 e. The Kier molecular flexibility index (Phi) is 6.41. The van der Waals surface area contributed by atoms with E-state index in [0.29, 0.717) is 19.6 Å². The Balaban J connectivity index is 1.81. The fourth-order valence-electron chi connectivity index (χ4n) is 3.69. The van der Waals surface area contributed by atoms with Crippen LogP contribution in [0.15, 0.2) is 0 Å². The van der Waals surface area contributed by atoms with Crippen molar-refractivity contribution >= 4 is 11.8 Å². The molecule has 0 radical (unpaired) electrons. The van der Waals surface area contributed by atoms with Crippen LogP contribution in [-0.2, 0) is 9.59 Å². The summed E-state index contributed by atoms with van der Waals surface area (Å²) in [6, 6.07) is 0. The van der Waals surface area contributed by atoms with E-state index in [1.54, 1.807) is 0 Å². The standard InChI is InChI=1S/C17H32N4O2/c1-3-20(4-2)15(22)14-19-10-12-21(13-11-19)16(23)17(18)8-6-5-7-9-17/h3-14,18H2,1-2H3. The number of hydrogen-bond acceptors (Lipinski definition) is 4. The van der Waals surface area contributed by atoms with Crippen LogP contribution in [0, 0.1) is 0 Å². The molecule has 0 bridgehead atoms. The summed E-state index contributed by atoms with van der Waals surface area (Å²) in [6.07, 6.45) is 4.92. The van der Waals surface area contributed by atoms with Gasteiger partial charge < -0.3 is 15.5 Å². The molecular formula is C17H32N4O2. The molecule has 0 unspecified atom stereocenters. The highest BCUT2D eigenvalue weighted by atomic mass is 16.2. The predicted molar refractivity (Wildman–Crippen MR) is 91.0 cm³/mol. The predicted octanol–water partition coefficient (Wildman–Crippen LogP) is 0.661. The smallest absolute Gasteiger partial charge is 0.242 e. The first-order valence-corrected chi connectivity index (χ1v) is 9.08. The Morgan fingerprint density at radius 1 is 1.00 bits per heavy atom. The van der Waals surface area contributed by atoms with Crippen molar-refractivity contribution in [3.8, 4) is 0 Å². The van der Waals surface area contributed by atoms with E-state index in [9.17, 15) is 9.59 Å². The molecule has 2 fully saturated rings. The third kappa shape index (κ3) is 4.44. The van der Waals surface area contributed by atoms with Crippen LogP contribution in [0.2, 0.25) is 0 Å². The lowest BCUT2D eigenvalue weighted by molar-refractivity contribution is -0.140. The zero-order chi connectivity index (χ0) is 16.9. The Morgan fingerprint density at radius 3 is 2.09 bits per heavy atom. The summed E-state index contributed by atoms with van der Waals surface area (Å²) in [4.78, 5) is 30.8. The summed E-state index contributed by atoms with van der Waals surface area (Å²) >= 11 is 0. The summed E-state index contributed by atoms with van der Waals surface area (Å²) in [6.45, 7) is 8.85. The molecule has 2 N–H and O–H groups in total. The minimum atomic E-state index is -0.641. The largest absolute Gasteiger partial charge is 0.342 e. The quantitative estimate of drug-likeness (QED) is 0.806. The molecule has 1 saturated carbocycles. The fraction of sp³-hybridized carbons (Fsp3) is 0.882. The molecule has 0 aromatic heterocycles. The molecule has 132 valence electrons. The number of carbonyl (C=O) groups excluding carboxylic acids is 2. The summed E-state index contributed by atoms with van der Waals surface area (Å²) in [5.41, 5.74) is 5.72. The first-order chi connectivity index (χ1) is 11.0. The van der Waals surface area contributed by atoms with Crippen LogP contribution in [0.3, 0.4) is 0 Å². The Bertz CT molecular complexity index is 409. The van der Waals surface area contributed by atoms with Gasteiger partial charge in [0.1, 0.15) is 0 Å². The molecule has 2 amide bonds. The molecule has 1 aliphatic carbocycles. The van der Waals surface area contributed by atoms with Crippen LogP contribution in [-0.4, -0.2) is 77.9 Å². The highest BCUT2D eigenvalue weighted by Gasteiger charge is 2.39. The molecule has 6 nitrogen and oxygen atoms in total. The highest BCUT2D eigenvalue weighted by Crippen LogP contribution is 2.28. The van der Waals surface area contributed by atoms with Crippen molar-refractivity contribution in [1.82, 2.24) is 14.7 Å². The van der Waals surface area contributed by atoms with Gasteiger partial charge in [-0.3, -0.25) is 14.5 Å². The molecular weight excluding hydrogens is 292 g/mol. The van der Waals surface area contributed by atoms with E-state index in [2.05, 4.69) is 4.90 Å². The van der Waals surface area contributed by atoms with Crippen LogP contribution >= 0.6 is 0 Å². The second-order valence-corrected chi connectivity index (χ2v) is 6.85. The molecule has 23 heavy (non-hydrogen) atoms. The van der Waals surface area contributed by atoms with Crippen molar-refractivity contribution < 1.29 is 9.59 Å². The molecule has 1 heterocycles. The van der Waals surface area contributed by atoms with Gasteiger partial charge in [-0.25, -0.2) is 0 Å². The molecule has 0 aromatic carbocycles. The molecule has 2 aliphatic rings. The zero-order valence-corrected chi connectivity index (χ0v) is 14.7. The van der Waals surface area contributed by atoms with Gasteiger partial charge in [-0.05, 0) is 26.7 Å². The second-order valence-electron chi connectivity index (χ2n) is 6.85. The highest BCUT2D eigenvalue weighted by molar-refractivity contribution is 5.86. The number of nitrogens with zero attached hydrogens (tertiary/aromatic N) is 3. The normalized spacial score (nSPS) is 22.0. The van der Waals surface area contributed by atoms with Crippen molar-refractivity contribution in [2.45, 2.75) is 51.5 Å². The van der Waals surface area contributed by atoms with E-state index in [1.165, 1.54) is 6.42 Å². The number of hydrogen-bond donors (Lipinski definition) is 1. The van der Waals surface area contributed by atoms with Crippen molar-refractivity contribution in [2.75, 3.05) is 45.8 Å². The molecule has 0 aromatic rings. The Morgan fingerprint density at radius 2 is 1.57 bits per heavy atom. The number of nitrogens with two attached hydrogens (primary N) is 1. The second kappa shape index (κ2) is 8.11. The number of rotatable bonds is 5. The van der Waals surface area contributed by atoms with Crippen LogP contribution in [0.25, 0.3) is 0 Å². The van der Waals surface area contributed by atoms with Gasteiger partial charge in [0.05, 0.1) is 12.1 Å². The molecule has 2 rings (SSSR count). The van der Waals surface area contributed by atoms with E-state index in [4.69, 9.17) is 5.73 Å². The lowest BCUT2D eigenvalue weighted by Gasteiger charge is -2.41.